The number of aromatic nitrogens is 4. The minimum atomic E-state index is 0.0751. The Morgan fingerprint density at radius 2 is 2.12 bits per heavy atom. The minimum Gasteiger partial charge on any atom is -0.297 e. The average Bonchev–Trinajstić information content (AvgIpc) is 3.51. The Kier molecular flexibility index (Phi) is 5.12. The predicted molar refractivity (Wildman–Crippen MR) is 131 cm³/mol. The fourth-order valence-electron chi connectivity index (χ4n) is 4.71. The second kappa shape index (κ2) is 8.16. The predicted octanol–water partition coefficient (Wildman–Crippen LogP) is 4.40. The fraction of sp³-hybridized carbons (Fsp3) is 0.333. The summed E-state index contributed by atoms with van der Waals surface area (Å²) in [5.41, 5.74) is 2.99. The van der Waals surface area contributed by atoms with Crippen molar-refractivity contribution in [3.8, 4) is 0 Å². The minimum absolute atomic E-state index is 0.0751. The van der Waals surface area contributed by atoms with Gasteiger partial charge in [0.15, 0.2) is 0 Å². The quantitative estimate of drug-likeness (QED) is 0.373. The number of hydrogen-bond donors (Lipinski definition) is 0. The van der Waals surface area contributed by atoms with Crippen LogP contribution in [0.5, 0.6) is 0 Å². The zero-order chi connectivity index (χ0) is 22.5. The lowest BCUT2D eigenvalue weighted by Gasteiger charge is -2.30. The standard InChI is InChI=1S/C24H23N5O2S2/c1-14-19(27-31-26-14)12-28(2)16-7-8-18-21(10-16)33-23-22(18)24(30)29(13-25-23)11-17-9-15-5-3-4-6-20(15)32-17/h3-6,9,13,16H,7-8,10-12H2,1-2H3/t16-/m0/s1. The second-order valence-corrected chi connectivity index (χ2v) is 11.0. The first kappa shape index (κ1) is 20.7. The average molecular weight is 478 g/mol. The lowest BCUT2D eigenvalue weighted by Crippen LogP contribution is -2.36. The molecule has 1 atom stereocenters. The molecule has 0 bridgehead atoms. The van der Waals surface area contributed by atoms with E-state index in [1.165, 1.54) is 25.4 Å². The zero-order valence-corrected chi connectivity index (χ0v) is 20.1. The molecule has 0 amide bonds. The lowest BCUT2D eigenvalue weighted by atomic mass is 9.92. The maximum Gasteiger partial charge on any atom is 0.262 e. The van der Waals surface area contributed by atoms with Crippen LogP contribution >= 0.6 is 22.7 Å². The molecule has 9 heteroatoms. The van der Waals surface area contributed by atoms with E-state index >= 15 is 0 Å². The highest BCUT2D eigenvalue weighted by atomic mass is 32.1. The third-order valence-electron chi connectivity index (χ3n) is 6.58. The number of benzene rings is 1. The van der Waals surface area contributed by atoms with E-state index in [4.69, 9.17) is 4.63 Å². The van der Waals surface area contributed by atoms with E-state index in [9.17, 15) is 4.79 Å². The van der Waals surface area contributed by atoms with Gasteiger partial charge in [-0.25, -0.2) is 9.61 Å². The van der Waals surface area contributed by atoms with Gasteiger partial charge in [-0.05, 0) is 56.3 Å². The van der Waals surface area contributed by atoms with Crippen molar-refractivity contribution in [2.24, 2.45) is 0 Å². The van der Waals surface area contributed by atoms with Crippen molar-refractivity contribution in [2.45, 2.75) is 45.3 Å². The van der Waals surface area contributed by atoms with Gasteiger partial charge in [0.05, 0.1) is 18.3 Å². The van der Waals surface area contributed by atoms with Gasteiger partial charge in [-0.1, -0.05) is 28.5 Å². The van der Waals surface area contributed by atoms with Crippen LogP contribution in [0.25, 0.3) is 20.3 Å². The van der Waals surface area contributed by atoms with Crippen molar-refractivity contribution in [2.75, 3.05) is 7.05 Å². The van der Waals surface area contributed by atoms with Crippen molar-refractivity contribution in [1.82, 2.24) is 24.8 Å². The molecule has 33 heavy (non-hydrogen) atoms. The number of thiophene rings is 2. The van der Waals surface area contributed by atoms with Crippen LogP contribution in [-0.2, 0) is 25.9 Å². The number of fused-ring (bicyclic) bond motifs is 4. The maximum atomic E-state index is 13.4. The number of nitrogens with zero attached hydrogens (tertiary/aromatic N) is 5. The van der Waals surface area contributed by atoms with Crippen molar-refractivity contribution in [1.29, 1.82) is 0 Å². The van der Waals surface area contributed by atoms with Crippen LogP contribution in [0.2, 0.25) is 0 Å². The van der Waals surface area contributed by atoms with Gasteiger partial charge < -0.3 is 0 Å². The summed E-state index contributed by atoms with van der Waals surface area (Å²) < 4.78 is 7.85. The molecule has 0 aliphatic heterocycles. The Morgan fingerprint density at radius 1 is 1.24 bits per heavy atom. The largest absolute Gasteiger partial charge is 0.297 e. The summed E-state index contributed by atoms with van der Waals surface area (Å²) in [6.07, 6.45) is 4.53. The van der Waals surface area contributed by atoms with Gasteiger partial charge in [-0.3, -0.25) is 14.3 Å². The smallest absolute Gasteiger partial charge is 0.262 e. The normalized spacial score (nSPS) is 16.2. The summed E-state index contributed by atoms with van der Waals surface area (Å²) in [6, 6.07) is 10.9. The third-order valence-corrected chi connectivity index (χ3v) is 8.84. The number of aryl methyl sites for hydroxylation is 2. The van der Waals surface area contributed by atoms with Crippen LogP contribution in [0.15, 0.2) is 46.1 Å². The first-order chi connectivity index (χ1) is 16.1. The van der Waals surface area contributed by atoms with Gasteiger partial charge in [-0.2, -0.15) is 0 Å². The fourth-order valence-corrected chi connectivity index (χ4v) is 7.03. The van der Waals surface area contributed by atoms with Crippen LogP contribution in [0, 0.1) is 6.92 Å². The van der Waals surface area contributed by atoms with Crippen molar-refractivity contribution >= 4 is 43.0 Å². The maximum absolute atomic E-state index is 13.4. The molecule has 4 aromatic heterocycles. The molecular formula is C24H23N5O2S2. The molecule has 5 aromatic rings. The van der Waals surface area contributed by atoms with Gasteiger partial charge in [0, 0.05) is 27.0 Å². The number of rotatable bonds is 5. The van der Waals surface area contributed by atoms with Crippen LogP contribution in [0.1, 0.15) is 33.1 Å². The van der Waals surface area contributed by atoms with E-state index in [1.54, 1.807) is 33.6 Å². The van der Waals surface area contributed by atoms with E-state index in [1.807, 2.05) is 13.0 Å². The Hall–Kier alpha value is -2.88. The van der Waals surface area contributed by atoms with Crippen LogP contribution in [-0.4, -0.2) is 37.9 Å². The molecule has 0 unspecified atom stereocenters. The Labute approximate surface area is 198 Å². The number of hydrogen-bond acceptors (Lipinski definition) is 8. The SMILES string of the molecule is Cc1nonc1CN(C)[C@H]1CCc2c(sc3ncn(Cc4cc5ccccc5s4)c(=O)c23)C1. The van der Waals surface area contributed by atoms with Gasteiger partial charge >= 0.3 is 0 Å². The van der Waals surface area contributed by atoms with E-state index in [-0.39, 0.29) is 5.56 Å². The van der Waals surface area contributed by atoms with Gasteiger partial charge in [-0.15, -0.1) is 22.7 Å². The Bertz CT molecular complexity index is 1500. The van der Waals surface area contributed by atoms with E-state index in [0.717, 1.165) is 40.9 Å². The van der Waals surface area contributed by atoms with Gasteiger partial charge in [0.25, 0.3) is 5.56 Å². The monoisotopic (exact) mass is 477 g/mol. The van der Waals surface area contributed by atoms with Crippen molar-refractivity contribution in [3.05, 3.63) is 73.7 Å². The molecule has 1 aromatic carbocycles. The van der Waals surface area contributed by atoms with Gasteiger partial charge in [0.2, 0.25) is 0 Å². The molecule has 0 N–H and O–H groups in total. The van der Waals surface area contributed by atoms with E-state index in [0.29, 0.717) is 19.1 Å². The molecule has 7 nitrogen and oxygen atoms in total. The summed E-state index contributed by atoms with van der Waals surface area (Å²) in [5, 5.41) is 9.94. The highest BCUT2D eigenvalue weighted by Gasteiger charge is 2.28. The van der Waals surface area contributed by atoms with Crippen LogP contribution < -0.4 is 5.56 Å². The van der Waals surface area contributed by atoms with E-state index in [2.05, 4.69) is 51.5 Å². The van der Waals surface area contributed by atoms with Crippen LogP contribution in [0.4, 0.5) is 0 Å². The van der Waals surface area contributed by atoms with Crippen LogP contribution in [0.3, 0.4) is 0 Å². The molecule has 168 valence electrons. The van der Waals surface area contributed by atoms with Gasteiger partial charge in [0.1, 0.15) is 16.2 Å². The Morgan fingerprint density at radius 3 is 2.94 bits per heavy atom. The molecule has 0 fully saturated rings. The lowest BCUT2D eigenvalue weighted by molar-refractivity contribution is 0.207. The molecule has 1 aliphatic rings. The molecule has 0 radical (unpaired) electrons. The second-order valence-electron chi connectivity index (χ2n) is 8.72. The highest BCUT2D eigenvalue weighted by molar-refractivity contribution is 7.19. The molecule has 0 saturated carbocycles. The topological polar surface area (TPSA) is 77.1 Å². The van der Waals surface area contributed by atoms with Crippen molar-refractivity contribution < 1.29 is 4.63 Å². The third kappa shape index (κ3) is 3.70. The van der Waals surface area contributed by atoms with Crippen molar-refractivity contribution in [3.63, 3.8) is 0 Å². The molecule has 0 saturated heterocycles. The number of likely N-dealkylation sites (N-methyl/N-ethyl adjacent to an activating group) is 1. The summed E-state index contributed by atoms with van der Waals surface area (Å²) in [4.78, 5) is 23.8. The summed E-state index contributed by atoms with van der Waals surface area (Å²) >= 11 is 3.41. The summed E-state index contributed by atoms with van der Waals surface area (Å²) in [6.45, 7) is 3.18. The molecule has 0 spiro atoms. The summed E-state index contributed by atoms with van der Waals surface area (Å²) in [5.74, 6) is 0. The first-order valence-electron chi connectivity index (χ1n) is 11.0. The zero-order valence-electron chi connectivity index (χ0n) is 18.4. The molecular weight excluding hydrogens is 454 g/mol. The first-order valence-corrected chi connectivity index (χ1v) is 12.7. The molecule has 1 aliphatic carbocycles. The Balaban J connectivity index is 1.27. The molecule has 4 heterocycles. The molecule has 6 rings (SSSR count). The van der Waals surface area contributed by atoms with E-state index < -0.39 is 0 Å². The highest BCUT2D eigenvalue weighted by Crippen LogP contribution is 2.35. The summed E-state index contributed by atoms with van der Waals surface area (Å²) in [7, 11) is 2.12.